The summed E-state index contributed by atoms with van der Waals surface area (Å²) < 4.78 is 73.7. The predicted octanol–water partition coefficient (Wildman–Crippen LogP) is 6.10. The van der Waals surface area contributed by atoms with Crippen LogP contribution in [0.1, 0.15) is 16.7 Å². The van der Waals surface area contributed by atoms with E-state index in [4.69, 9.17) is 0 Å². The first-order valence-corrected chi connectivity index (χ1v) is 7.42. The van der Waals surface area contributed by atoms with E-state index < -0.39 is 23.5 Å². The molecule has 0 N–H and O–H groups in total. The molecule has 0 heterocycles. The molecule has 1 rings (SSSR count). The Hall–Kier alpha value is -1.83. The summed E-state index contributed by atoms with van der Waals surface area (Å²) in [5.41, 5.74) is -2.66. The molecular weight excluding hydrogens is 402 g/mol. The maximum Gasteiger partial charge on any atom is 0.416 e. The van der Waals surface area contributed by atoms with Crippen molar-refractivity contribution in [1.29, 1.82) is 0 Å². The second kappa shape index (κ2) is 10.1. The zero-order valence-electron chi connectivity index (χ0n) is 12.2. The summed E-state index contributed by atoms with van der Waals surface area (Å²) >= 11 is 2.82. The molecule has 0 unspecified atom stereocenters. The number of benzene rings is 1. The van der Waals surface area contributed by atoms with Crippen LogP contribution in [0.3, 0.4) is 0 Å². The van der Waals surface area contributed by atoms with Crippen LogP contribution in [0, 0.1) is 0 Å². The fourth-order valence-corrected chi connectivity index (χ4v) is 1.67. The Labute approximate surface area is 143 Å². The second-order valence-corrected chi connectivity index (χ2v) is 4.75. The molecule has 0 bridgehead atoms. The highest BCUT2D eigenvalue weighted by Crippen LogP contribution is 2.36. The number of carbonyl (C=O) groups excluding carboxylic acids is 1. The van der Waals surface area contributed by atoms with E-state index in [1.54, 1.807) is 24.3 Å². The first-order chi connectivity index (χ1) is 11.1. The predicted molar refractivity (Wildman–Crippen MR) is 83.6 cm³/mol. The van der Waals surface area contributed by atoms with Gasteiger partial charge >= 0.3 is 12.4 Å². The Bertz CT molecular complexity index is 551. The van der Waals surface area contributed by atoms with Gasteiger partial charge < -0.3 is 0 Å². The van der Waals surface area contributed by atoms with Crippen molar-refractivity contribution in [3.05, 3.63) is 71.8 Å². The lowest BCUT2D eigenvalue weighted by Crippen LogP contribution is -2.11. The van der Waals surface area contributed by atoms with Crippen molar-refractivity contribution >= 4 is 22.2 Å². The Kier molecular flexibility index (Phi) is 9.35. The Morgan fingerprint density at radius 3 is 1.67 bits per heavy atom. The molecule has 0 fully saturated rings. The van der Waals surface area contributed by atoms with Gasteiger partial charge in [0.2, 0.25) is 0 Å². The summed E-state index contributed by atoms with van der Waals surface area (Å²) in [6, 6.07) is 1.47. The molecule has 0 aliphatic rings. The molecule has 1 aromatic rings. The zero-order valence-corrected chi connectivity index (χ0v) is 13.8. The minimum absolute atomic E-state index is 0.0675. The summed E-state index contributed by atoms with van der Waals surface area (Å²) in [5, 5.41) is -0.0694. The SMILES string of the molecule is C=CC=CC=CC=O.FC(F)(F)c1cc(CBr)cc(C(F)(F)F)c1. The fraction of sp³-hybridized carbons (Fsp3) is 0.188. The summed E-state index contributed by atoms with van der Waals surface area (Å²) in [5.74, 6) is 0. The van der Waals surface area contributed by atoms with Gasteiger partial charge in [0.05, 0.1) is 11.1 Å². The van der Waals surface area contributed by atoms with Gasteiger partial charge in [-0.3, -0.25) is 4.79 Å². The number of hydrogen-bond donors (Lipinski definition) is 0. The van der Waals surface area contributed by atoms with Gasteiger partial charge in [0, 0.05) is 5.33 Å². The summed E-state index contributed by atoms with van der Waals surface area (Å²) in [4.78, 5) is 9.62. The number of allylic oxidation sites excluding steroid dienone is 5. The third kappa shape index (κ3) is 8.71. The molecule has 0 saturated carbocycles. The Balaban J connectivity index is 0.000000561. The molecule has 0 amide bonds. The van der Waals surface area contributed by atoms with Crippen LogP contribution in [-0.4, -0.2) is 6.29 Å². The van der Waals surface area contributed by atoms with Crippen molar-refractivity contribution in [2.75, 3.05) is 0 Å². The number of rotatable bonds is 4. The van der Waals surface area contributed by atoms with Crippen molar-refractivity contribution in [2.24, 2.45) is 0 Å². The zero-order chi connectivity index (χ0) is 18.8. The van der Waals surface area contributed by atoms with E-state index >= 15 is 0 Å². The van der Waals surface area contributed by atoms with Crippen LogP contribution in [-0.2, 0) is 22.5 Å². The van der Waals surface area contributed by atoms with Crippen LogP contribution in [0.2, 0.25) is 0 Å². The summed E-state index contributed by atoms with van der Waals surface area (Å²) in [6.07, 6.45) is -0.630. The summed E-state index contributed by atoms with van der Waals surface area (Å²) in [7, 11) is 0. The van der Waals surface area contributed by atoms with E-state index in [0.717, 1.165) is 6.29 Å². The molecule has 0 aromatic heterocycles. The molecule has 0 aliphatic heterocycles. The summed E-state index contributed by atoms with van der Waals surface area (Å²) in [6.45, 7) is 3.45. The molecule has 8 heteroatoms. The van der Waals surface area contributed by atoms with E-state index in [9.17, 15) is 31.1 Å². The number of alkyl halides is 7. The Morgan fingerprint density at radius 2 is 1.33 bits per heavy atom. The first kappa shape index (κ1) is 22.2. The second-order valence-electron chi connectivity index (χ2n) is 4.19. The Morgan fingerprint density at radius 1 is 0.875 bits per heavy atom. The van der Waals surface area contributed by atoms with Crippen molar-refractivity contribution in [3.63, 3.8) is 0 Å². The average molecular weight is 415 g/mol. The van der Waals surface area contributed by atoms with E-state index in [1.807, 2.05) is 0 Å². The fourth-order valence-electron chi connectivity index (χ4n) is 1.35. The molecule has 0 aliphatic carbocycles. The topological polar surface area (TPSA) is 17.1 Å². The maximum atomic E-state index is 12.3. The van der Waals surface area contributed by atoms with E-state index in [-0.39, 0.29) is 17.0 Å². The van der Waals surface area contributed by atoms with E-state index in [1.165, 1.54) is 6.08 Å². The van der Waals surface area contributed by atoms with Crippen LogP contribution in [0.5, 0.6) is 0 Å². The first-order valence-electron chi connectivity index (χ1n) is 6.30. The van der Waals surface area contributed by atoms with Crippen LogP contribution < -0.4 is 0 Å². The minimum atomic E-state index is -4.78. The van der Waals surface area contributed by atoms with Gasteiger partial charge in [0.25, 0.3) is 0 Å². The molecule has 24 heavy (non-hydrogen) atoms. The minimum Gasteiger partial charge on any atom is -0.299 e. The van der Waals surface area contributed by atoms with Gasteiger partial charge in [-0.2, -0.15) is 26.3 Å². The number of halogens is 7. The molecule has 0 spiro atoms. The molecular formula is C16H13BrF6O. The van der Waals surface area contributed by atoms with Gasteiger partial charge in [-0.1, -0.05) is 46.8 Å². The highest BCUT2D eigenvalue weighted by Gasteiger charge is 2.36. The maximum absolute atomic E-state index is 12.3. The lowest BCUT2D eigenvalue weighted by molar-refractivity contribution is -0.143. The third-order valence-corrected chi connectivity index (χ3v) is 3.00. The largest absolute Gasteiger partial charge is 0.416 e. The molecule has 132 valence electrons. The average Bonchev–Trinajstić information content (AvgIpc) is 2.50. The van der Waals surface area contributed by atoms with Crippen LogP contribution in [0.4, 0.5) is 26.3 Å². The number of carbonyl (C=O) groups is 1. The molecule has 0 radical (unpaired) electrons. The van der Waals surface area contributed by atoms with Gasteiger partial charge in [-0.05, 0) is 29.8 Å². The van der Waals surface area contributed by atoms with Crippen LogP contribution in [0.15, 0.2) is 55.2 Å². The quantitative estimate of drug-likeness (QED) is 0.191. The van der Waals surface area contributed by atoms with Crippen LogP contribution >= 0.6 is 15.9 Å². The molecule has 0 atom stereocenters. The highest BCUT2D eigenvalue weighted by atomic mass is 79.9. The molecule has 1 aromatic carbocycles. The van der Waals surface area contributed by atoms with Crippen molar-refractivity contribution in [2.45, 2.75) is 17.7 Å². The smallest absolute Gasteiger partial charge is 0.299 e. The highest BCUT2D eigenvalue weighted by molar-refractivity contribution is 9.08. The van der Waals surface area contributed by atoms with Crippen molar-refractivity contribution in [1.82, 2.24) is 0 Å². The van der Waals surface area contributed by atoms with Gasteiger partial charge in [-0.25, -0.2) is 0 Å². The standard InChI is InChI=1S/C9H5BrF6.C7H8O/c10-4-5-1-6(8(11,12)13)3-7(2-5)9(14,15)16;1-2-3-4-5-6-7-8/h1-3H,4H2;2-7H,1H2. The number of aldehydes is 1. The lowest BCUT2D eigenvalue weighted by Gasteiger charge is -2.13. The van der Waals surface area contributed by atoms with Gasteiger partial charge in [-0.15, -0.1) is 0 Å². The van der Waals surface area contributed by atoms with Crippen molar-refractivity contribution < 1.29 is 31.1 Å². The normalized spacial score (nSPS) is 12.1. The molecule has 0 saturated heterocycles. The monoisotopic (exact) mass is 414 g/mol. The van der Waals surface area contributed by atoms with Gasteiger partial charge in [0.15, 0.2) is 0 Å². The van der Waals surface area contributed by atoms with Gasteiger partial charge in [0.1, 0.15) is 6.29 Å². The third-order valence-electron chi connectivity index (χ3n) is 2.35. The molecule has 1 nitrogen and oxygen atoms in total. The van der Waals surface area contributed by atoms with E-state index in [0.29, 0.717) is 12.1 Å². The lowest BCUT2D eigenvalue weighted by atomic mass is 10.1. The van der Waals surface area contributed by atoms with Crippen molar-refractivity contribution in [3.8, 4) is 0 Å². The van der Waals surface area contributed by atoms with Crippen LogP contribution in [0.25, 0.3) is 0 Å². The van der Waals surface area contributed by atoms with E-state index in [2.05, 4.69) is 22.5 Å². The number of hydrogen-bond acceptors (Lipinski definition) is 1.